The largest absolute Gasteiger partial charge is 0.497 e. The lowest BCUT2D eigenvalue weighted by Crippen LogP contribution is -2.53. The average Bonchev–Trinajstić information content (AvgIpc) is 2.50. The molecule has 1 aromatic rings. The van der Waals surface area contributed by atoms with Gasteiger partial charge in [0, 0.05) is 5.54 Å². The van der Waals surface area contributed by atoms with Crippen molar-refractivity contribution in [2.75, 3.05) is 27.2 Å². The molecule has 118 valence electrons. The van der Waals surface area contributed by atoms with Gasteiger partial charge in [0.1, 0.15) is 5.75 Å². The second-order valence-corrected chi connectivity index (χ2v) is 6.65. The van der Waals surface area contributed by atoms with Gasteiger partial charge in [-0.05, 0) is 77.0 Å². The molecular weight excluding hydrogens is 260 g/mol. The van der Waals surface area contributed by atoms with Gasteiger partial charge >= 0.3 is 0 Å². The molecule has 1 heterocycles. The second-order valence-electron chi connectivity index (χ2n) is 6.65. The first-order chi connectivity index (χ1) is 10.0. The molecule has 3 heteroatoms. The molecule has 1 aliphatic rings. The van der Waals surface area contributed by atoms with Gasteiger partial charge in [0.2, 0.25) is 0 Å². The van der Waals surface area contributed by atoms with Crippen LogP contribution in [0, 0.1) is 6.92 Å². The number of nitrogens with one attached hydrogen (secondary N) is 1. The molecule has 1 aromatic carbocycles. The Kier molecular flexibility index (Phi) is 5.28. The van der Waals surface area contributed by atoms with Crippen LogP contribution < -0.4 is 10.1 Å². The number of ether oxygens (including phenoxy) is 1. The Hall–Kier alpha value is -1.06. The van der Waals surface area contributed by atoms with E-state index in [1.165, 1.54) is 43.5 Å². The van der Waals surface area contributed by atoms with Crippen molar-refractivity contribution in [3.8, 4) is 5.75 Å². The molecule has 1 atom stereocenters. The first-order valence-electron chi connectivity index (χ1n) is 8.07. The monoisotopic (exact) mass is 290 g/mol. The van der Waals surface area contributed by atoms with E-state index in [9.17, 15) is 0 Å². The molecule has 0 spiro atoms. The lowest BCUT2D eigenvalue weighted by atomic mass is 9.84. The van der Waals surface area contributed by atoms with Crippen molar-refractivity contribution >= 4 is 0 Å². The highest BCUT2D eigenvalue weighted by Crippen LogP contribution is 2.35. The van der Waals surface area contributed by atoms with Crippen molar-refractivity contribution in [2.24, 2.45) is 0 Å². The third-order valence-electron chi connectivity index (χ3n) is 4.95. The van der Waals surface area contributed by atoms with Crippen LogP contribution in [0.2, 0.25) is 0 Å². The first-order valence-corrected chi connectivity index (χ1v) is 8.07. The maximum atomic E-state index is 5.33. The molecule has 1 fully saturated rings. The van der Waals surface area contributed by atoms with Crippen LogP contribution in [0.1, 0.15) is 50.3 Å². The zero-order chi connectivity index (χ0) is 15.5. The summed E-state index contributed by atoms with van der Waals surface area (Å²) >= 11 is 0. The van der Waals surface area contributed by atoms with Crippen molar-refractivity contribution in [3.05, 3.63) is 29.3 Å². The fourth-order valence-corrected chi connectivity index (χ4v) is 3.64. The average molecular weight is 290 g/mol. The molecule has 1 N–H and O–H groups in total. The van der Waals surface area contributed by atoms with Gasteiger partial charge in [0.05, 0.1) is 13.2 Å². The number of likely N-dealkylation sites (tertiary alicyclic amines) is 1. The molecule has 21 heavy (non-hydrogen) atoms. The van der Waals surface area contributed by atoms with E-state index in [1.807, 2.05) is 0 Å². The summed E-state index contributed by atoms with van der Waals surface area (Å²) in [6.07, 6.45) is 4.02. The van der Waals surface area contributed by atoms with Crippen LogP contribution in [0.3, 0.4) is 0 Å². The van der Waals surface area contributed by atoms with Crippen LogP contribution in [0.15, 0.2) is 18.2 Å². The van der Waals surface area contributed by atoms with Crippen LogP contribution in [0.25, 0.3) is 0 Å². The third kappa shape index (κ3) is 3.41. The predicted molar refractivity (Wildman–Crippen MR) is 89.0 cm³/mol. The fourth-order valence-electron chi connectivity index (χ4n) is 3.64. The summed E-state index contributed by atoms with van der Waals surface area (Å²) in [5.41, 5.74) is 2.77. The minimum absolute atomic E-state index is 0.106. The minimum atomic E-state index is 0.106. The van der Waals surface area contributed by atoms with Gasteiger partial charge < -0.3 is 10.1 Å². The highest BCUT2D eigenvalue weighted by atomic mass is 16.5. The molecule has 2 rings (SSSR count). The normalized spacial score (nSPS) is 18.5. The van der Waals surface area contributed by atoms with Crippen LogP contribution >= 0.6 is 0 Å². The summed E-state index contributed by atoms with van der Waals surface area (Å²) in [6, 6.07) is 6.73. The summed E-state index contributed by atoms with van der Waals surface area (Å²) in [6.45, 7) is 9.32. The van der Waals surface area contributed by atoms with E-state index in [-0.39, 0.29) is 5.54 Å². The maximum Gasteiger partial charge on any atom is 0.119 e. The molecule has 1 aliphatic heterocycles. The summed E-state index contributed by atoms with van der Waals surface area (Å²) in [7, 11) is 3.79. The molecule has 0 amide bonds. The standard InChI is InChI=1S/C18H30N2O/c1-14-13-15(21-5)9-10-16(14)17(19-4)18(2,3)20-11-7-6-8-12-20/h9-10,13,17,19H,6-8,11-12H2,1-5H3. The first kappa shape index (κ1) is 16.3. The van der Waals surface area contributed by atoms with E-state index < -0.39 is 0 Å². The fraction of sp³-hybridized carbons (Fsp3) is 0.667. The molecule has 1 unspecified atom stereocenters. The quantitative estimate of drug-likeness (QED) is 0.898. The topological polar surface area (TPSA) is 24.5 Å². The van der Waals surface area contributed by atoms with Gasteiger partial charge in [0.25, 0.3) is 0 Å². The maximum absolute atomic E-state index is 5.33. The number of rotatable bonds is 5. The Labute approximate surface area is 129 Å². The number of benzene rings is 1. The van der Waals surface area contributed by atoms with Crippen molar-refractivity contribution in [2.45, 2.75) is 51.6 Å². The van der Waals surface area contributed by atoms with E-state index in [0.29, 0.717) is 6.04 Å². The Morgan fingerprint density at radius 2 is 1.86 bits per heavy atom. The van der Waals surface area contributed by atoms with Gasteiger partial charge in [-0.1, -0.05) is 12.5 Å². The van der Waals surface area contributed by atoms with Gasteiger partial charge in [-0.3, -0.25) is 4.90 Å². The molecule has 1 saturated heterocycles. The van der Waals surface area contributed by atoms with Gasteiger partial charge in [-0.15, -0.1) is 0 Å². The van der Waals surface area contributed by atoms with Crippen molar-refractivity contribution in [1.29, 1.82) is 0 Å². The number of methoxy groups -OCH3 is 1. The summed E-state index contributed by atoms with van der Waals surface area (Å²) < 4.78 is 5.33. The zero-order valence-electron chi connectivity index (χ0n) is 14.2. The van der Waals surface area contributed by atoms with Crippen LogP contribution in [0.4, 0.5) is 0 Å². The SMILES string of the molecule is CNC(c1ccc(OC)cc1C)C(C)(C)N1CCCCC1. The smallest absolute Gasteiger partial charge is 0.119 e. The van der Waals surface area contributed by atoms with Crippen LogP contribution in [-0.4, -0.2) is 37.7 Å². The predicted octanol–water partition coefficient (Wildman–Crippen LogP) is 3.53. The molecule has 0 aromatic heterocycles. The molecule has 3 nitrogen and oxygen atoms in total. The van der Waals surface area contributed by atoms with E-state index in [2.05, 4.69) is 56.2 Å². The van der Waals surface area contributed by atoms with Crippen LogP contribution in [0.5, 0.6) is 5.75 Å². The molecular formula is C18H30N2O. The second kappa shape index (κ2) is 6.80. The summed E-state index contributed by atoms with van der Waals surface area (Å²) in [5.74, 6) is 0.932. The molecule has 0 bridgehead atoms. The van der Waals surface area contributed by atoms with E-state index in [0.717, 1.165) is 5.75 Å². The Morgan fingerprint density at radius 1 is 1.19 bits per heavy atom. The lowest BCUT2D eigenvalue weighted by molar-refractivity contribution is 0.0630. The summed E-state index contributed by atoms with van der Waals surface area (Å²) in [4.78, 5) is 2.64. The zero-order valence-corrected chi connectivity index (χ0v) is 14.2. The number of hydrogen-bond acceptors (Lipinski definition) is 3. The number of aryl methyl sites for hydroxylation is 1. The van der Waals surface area contributed by atoms with Gasteiger partial charge in [0.15, 0.2) is 0 Å². The summed E-state index contributed by atoms with van der Waals surface area (Å²) in [5, 5.41) is 3.55. The molecule has 0 saturated carbocycles. The third-order valence-corrected chi connectivity index (χ3v) is 4.95. The number of likely N-dealkylation sites (N-methyl/N-ethyl adjacent to an activating group) is 1. The Bertz CT molecular complexity index is 464. The Morgan fingerprint density at radius 3 is 2.38 bits per heavy atom. The minimum Gasteiger partial charge on any atom is -0.497 e. The van der Waals surface area contributed by atoms with Crippen molar-refractivity contribution in [1.82, 2.24) is 10.2 Å². The van der Waals surface area contributed by atoms with Crippen molar-refractivity contribution in [3.63, 3.8) is 0 Å². The molecule has 0 radical (unpaired) electrons. The van der Waals surface area contributed by atoms with E-state index in [4.69, 9.17) is 4.74 Å². The number of piperidine rings is 1. The van der Waals surface area contributed by atoms with Gasteiger partial charge in [-0.2, -0.15) is 0 Å². The van der Waals surface area contributed by atoms with E-state index >= 15 is 0 Å². The van der Waals surface area contributed by atoms with Gasteiger partial charge in [-0.25, -0.2) is 0 Å². The van der Waals surface area contributed by atoms with E-state index in [1.54, 1.807) is 7.11 Å². The highest BCUT2D eigenvalue weighted by molar-refractivity contribution is 5.38. The molecule has 0 aliphatic carbocycles. The van der Waals surface area contributed by atoms with Crippen LogP contribution in [-0.2, 0) is 0 Å². The van der Waals surface area contributed by atoms with Crippen molar-refractivity contribution < 1.29 is 4.74 Å². The highest BCUT2D eigenvalue weighted by Gasteiger charge is 2.36. The number of nitrogens with zero attached hydrogens (tertiary/aromatic N) is 1. The number of hydrogen-bond donors (Lipinski definition) is 1. The Balaban J connectivity index is 2.29. The lowest BCUT2D eigenvalue weighted by Gasteiger charge is -2.46.